The number of hydrogen-bond donors (Lipinski definition) is 2. The molecule has 0 aromatic heterocycles. The lowest BCUT2D eigenvalue weighted by Gasteiger charge is -2.37. The van der Waals surface area contributed by atoms with E-state index in [9.17, 15) is 13.2 Å². The SMILES string of the molecule is CC1(C)C[C@@H](NC(=O)c2cccc(S(=O)(=O)Nc3ccccc3)c2)c2ccccc2O1. The fourth-order valence-corrected chi connectivity index (χ4v) is 4.80. The fraction of sp³-hybridized carbons (Fsp3) is 0.208. The zero-order valence-electron chi connectivity index (χ0n) is 17.3. The van der Waals surface area contributed by atoms with E-state index in [2.05, 4.69) is 10.0 Å². The molecule has 1 heterocycles. The molecule has 4 rings (SSSR count). The summed E-state index contributed by atoms with van der Waals surface area (Å²) >= 11 is 0. The summed E-state index contributed by atoms with van der Waals surface area (Å²) in [5.74, 6) is 0.404. The first-order valence-corrected chi connectivity index (χ1v) is 11.5. The number of amides is 1. The first-order valence-electron chi connectivity index (χ1n) is 10.0. The molecule has 7 heteroatoms. The number of anilines is 1. The van der Waals surface area contributed by atoms with Crippen LogP contribution in [0.15, 0.2) is 83.8 Å². The van der Waals surface area contributed by atoms with Gasteiger partial charge in [-0.05, 0) is 50.2 Å². The van der Waals surface area contributed by atoms with Crippen LogP contribution in [0.25, 0.3) is 0 Å². The maximum atomic E-state index is 13.0. The van der Waals surface area contributed by atoms with Crippen LogP contribution in [0.3, 0.4) is 0 Å². The average Bonchev–Trinajstić information content (AvgIpc) is 2.73. The molecule has 0 fully saturated rings. The number of hydrogen-bond acceptors (Lipinski definition) is 4. The van der Waals surface area contributed by atoms with Gasteiger partial charge in [0.1, 0.15) is 11.4 Å². The molecule has 0 radical (unpaired) electrons. The number of carbonyl (C=O) groups excluding carboxylic acids is 1. The van der Waals surface area contributed by atoms with Gasteiger partial charge in [-0.3, -0.25) is 9.52 Å². The lowest BCUT2D eigenvalue weighted by atomic mass is 9.89. The second kappa shape index (κ2) is 8.07. The average molecular weight is 437 g/mol. The summed E-state index contributed by atoms with van der Waals surface area (Å²) in [6.45, 7) is 3.95. The molecule has 0 saturated carbocycles. The Morgan fingerprint density at radius 2 is 1.68 bits per heavy atom. The summed E-state index contributed by atoms with van der Waals surface area (Å²) in [7, 11) is -3.82. The van der Waals surface area contributed by atoms with Crippen LogP contribution in [0.2, 0.25) is 0 Å². The molecule has 1 aliphatic rings. The fourth-order valence-electron chi connectivity index (χ4n) is 3.70. The van der Waals surface area contributed by atoms with Gasteiger partial charge in [-0.25, -0.2) is 8.42 Å². The number of ether oxygens (including phenoxy) is 1. The number of para-hydroxylation sites is 2. The van der Waals surface area contributed by atoms with Gasteiger partial charge in [0.05, 0.1) is 10.9 Å². The van der Waals surface area contributed by atoms with E-state index in [1.807, 2.05) is 38.1 Å². The Balaban J connectivity index is 1.57. The highest BCUT2D eigenvalue weighted by Crippen LogP contribution is 2.39. The normalized spacial score (nSPS) is 17.2. The van der Waals surface area contributed by atoms with Crippen LogP contribution in [0, 0.1) is 0 Å². The monoisotopic (exact) mass is 436 g/mol. The first-order chi connectivity index (χ1) is 14.7. The van der Waals surface area contributed by atoms with Crippen molar-refractivity contribution in [2.45, 2.75) is 36.8 Å². The van der Waals surface area contributed by atoms with Crippen LogP contribution in [-0.2, 0) is 10.0 Å². The molecule has 3 aromatic carbocycles. The Bertz CT molecular complexity index is 1210. The smallest absolute Gasteiger partial charge is 0.261 e. The molecule has 0 spiro atoms. The minimum absolute atomic E-state index is 0.0247. The van der Waals surface area contributed by atoms with Crippen molar-refractivity contribution in [2.24, 2.45) is 0 Å². The summed E-state index contributed by atoms with van der Waals surface area (Å²) in [5, 5.41) is 3.04. The second-order valence-corrected chi connectivity index (χ2v) is 9.81. The minimum atomic E-state index is -3.82. The van der Waals surface area contributed by atoms with E-state index < -0.39 is 15.6 Å². The van der Waals surface area contributed by atoms with Crippen molar-refractivity contribution in [2.75, 3.05) is 4.72 Å². The number of sulfonamides is 1. The predicted molar refractivity (Wildman–Crippen MR) is 120 cm³/mol. The van der Waals surface area contributed by atoms with Crippen LogP contribution < -0.4 is 14.8 Å². The van der Waals surface area contributed by atoms with E-state index in [0.717, 1.165) is 11.3 Å². The molecular weight excluding hydrogens is 412 g/mol. The summed E-state index contributed by atoms with van der Waals surface area (Å²) in [6, 6.07) is 22.0. The molecule has 0 aliphatic carbocycles. The van der Waals surface area contributed by atoms with Crippen molar-refractivity contribution >= 4 is 21.6 Å². The molecule has 0 unspecified atom stereocenters. The molecular formula is C24H24N2O4S. The Kier molecular flexibility index (Phi) is 5.45. The van der Waals surface area contributed by atoms with Crippen LogP contribution in [0.5, 0.6) is 5.75 Å². The summed E-state index contributed by atoms with van der Waals surface area (Å²) in [4.78, 5) is 13.0. The molecule has 1 aliphatic heterocycles. The number of rotatable bonds is 5. The maximum absolute atomic E-state index is 13.0. The van der Waals surface area contributed by atoms with Gasteiger partial charge in [0, 0.05) is 23.2 Å². The maximum Gasteiger partial charge on any atom is 0.261 e. The third kappa shape index (κ3) is 4.72. The number of benzene rings is 3. The second-order valence-electron chi connectivity index (χ2n) is 8.13. The Morgan fingerprint density at radius 1 is 0.968 bits per heavy atom. The molecule has 1 amide bonds. The van der Waals surface area contributed by atoms with Gasteiger partial charge in [0.25, 0.3) is 15.9 Å². The van der Waals surface area contributed by atoms with Crippen molar-refractivity contribution in [1.82, 2.24) is 5.32 Å². The van der Waals surface area contributed by atoms with Gasteiger partial charge < -0.3 is 10.1 Å². The van der Waals surface area contributed by atoms with Crippen LogP contribution >= 0.6 is 0 Å². The van der Waals surface area contributed by atoms with Gasteiger partial charge in [-0.15, -0.1) is 0 Å². The van der Waals surface area contributed by atoms with Crippen molar-refractivity contribution in [3.63, 3.8) is 0 Å². The van der Waals surface area contributed by atoms with E-state index in [4.69, 9.17) is 4.74 Å². The zero-order chi connectivity index (χ0) is 22.1. The highest BCUT2D eigenvalue weighted by Gasteiger charge is 2.34. The predicted octanol–water partition coefficient (Wildman–Crippen LogP) is 4.52. The van der Waals surface area contributed by atoms with E-state index in [-0.39, 0.29) is 22.4 Å². The summed E-state index contributed by atoms with van der Waals surface area (Å²) in [6.07, 6.45) is 0.601. The summed E-state index contributed by atoms with van der Waals surface area (Å²) < 4.78 is 34.1. The highest BCUT2D eigenvalue weighted by atomic mass is 32.2. The minimum Gasteiger partial charge on any atom is -0.487 e. The van der Waals surface area contributed by atoms with E-state index >= 15 is 0 Å². The lowest BCUT2D eigenvalue weighted by Crippen LogP contribution is -2.41. The van der Waals surface area contributed by atoms with Crippen molar-refractivity contribution in [3.8, 4) is 5.75 Å². The van der Waals surface area contributed by atoms with Crippen molar-refractivity contribution < 1.29 is 17.9 Å². The molecule has 2 N–H and O–H groups in total. The molecule has 0 saturated heterocycles. The lowest BCUT2D eigenvalue weighted by molar-refractivity contribution is 0.0619. The van der Waals surface area contributed by atoms with Crippen LogP contribution in [0.1, 0.15) is 42.2 Å². The topological polar surface area (TPSA) is 84.5 Å². The Morgan fingerprint density at radius 3 is 2.45 bits per heavy atom. The van der Waals surface area contributed by atoms with E-state index in [1.54, 1.807) is 42.5 Å². The number of fused-ring (bicyclic) bond motifs is 1. The van der Waals surface area contributed by atoms with E-state index in [1.165, 1.54) is 12.1 Å². The van der Waals surface area contributed by atoms with Gasteiger partial charge in [-0.2, -0.15) is 0 Å². The summed E-state index contributed by atoms with van der Waals surface area (Å²) in [5.41, 5.74) is 1.21. The van der Waals surface area contributed by atoms with E-state index in [0.29, 0.717) is 12.1 Å². The molecule has 31 heavy (non-hydrogen) atoms. The largest absolute Gasteiger partial charge is 0.487 e. The highest BCUT2D eigenvalue weighted by molar-refractivity contribution is 7.92. The van der Waals surface area contributed by atoms with Gasteiger partial charge in [-0.1, -0.05) is 42.5 Å². The number of nitrogens with one attached hydrogen (secondary N) is 2. The third-order valence-corrected chi connectivity index (χ3v) is 6.49. The molecule has 3 aromatic rings. The standard InChI is InChI=1S/C24H24N2O4S/c1-24(2)16-21(20-13-6-7-14-22(20)30-24)25-23(27)17-9-8-12-19(15-17)31(28,29)26-18-10-4-3-5-11-18/h3-15,21,26H,16H2,1-2H3,(H,25,27)/t21-/m1/s1. The number of carbonyl (C=O) groups is 1. The van der Waals surface area contributed by atoms with Crippen molar-refractivity contribution in [1.29, 1.82) is 0 Å². The molecule has 0 bridgehead atoms. The Labute approximate surface area is 182 Å². The van der Waals surface area contributed by atoms with Crippen LogP contribution in [0.4, 0.5) is 5.69 Å². The van der Waals surface area contributed by atoms with Gasteiger partial charge in [0.2, 0.25) is 0 Å². The van der Waals surface area contributed by atoms with Crippen LogP contribution in [-0.4, -0.2) is 19.9 Å². The first kappa shape index (κ1) is 20.9. The van der Waals surface area contributed by atoms with Gasteiger partial charge in [0.15, 0.2) is 0 Å². The third-order valence-electron chi connectivity index (χ3n) is 5.11. The van der Waals surface area contributed by atoms with Gasteiger partial charge >= 0.3 is 0 Å². The zero-order valence-corrected chi connectivity index (χ0v) is 18.1. The quantitative estimate of drug-likeness (QED) is 0.616. The van der Waals surface area contributed by atoms with Crippen molar-refractivity contribution in [3.05, 3.63) is 90.0 Å². The molecule has 6 nitrogen and oxygen atoms in total. The molecule has 160 valence electrons. The molecule has 1 atom stereocenters. The Hall–Kier alpha value is -3.32.